The first-order valence-corrected chi connectivity index (χ1v) is 7.40. The fourth-order valence-electron chi connectivity index (χ4n) is 2.48. The van der Waals surface area contributed by atoms with E-state index in [-0.39, 0.29) is 0 Å². The third-order valence-electron chi connectivity index (χ3n) is 4.39. The van der Waals surface area contributed by atoms with Crippen LogP contribution in [0.2, 0.25) is 0 Å². The van der Waals surface area contributed by atoms with Crippen molar-refractivity contribution in [1.82, 2.24) is 5.32 Å². The molecule has 0 aromatic carbocycles. The molecular formula is C15H31NO. The lowest BCUT2D eigenvalue weighted by atomic mass is 9.82. The van der Waals surface area contributed by atoms with Gasteiger partial charge in [0, 0.05) is 25.8 Å². The average molecular weight is 241 g/mol. The van der Waals surface area contributed by atoms with Crippen LogP contribution in [0.5, 0.6) is 0 Å². The summed E-state index contributed by atoms with van der Waals surface area (Å²) >= 11 is 0. The molecule has 1 heterocycles. The SMILES string of the molecule is CCC(C)CC(CC)NCC1(C)CCOCC1. The Morgan fingerprint density at radius 1 is 1.18 bits per heavy atom. The largest absolute Gasteiger partial charge is 0.381 e. The van der Waals surface area contributed by atoms with Gasteiger partial charge in [0.25, 0.3) is 0 Å². The van der Waals surface area contributed by atoms with E-state index in [0.29, 0.717) is 11.5 Å². The van der Waals surface area contributed by atoms with Crippen LogP contribution in [-0.4, -0.2) is 25.8 Å². The first-order chi connectivity index (χ1) is 8.09. The molecule has 2 unspecified atom stereocenters. The highest BCUT2D eigenvalue weighted by Gasteiger charge is 2.27. The van der Waals surface area contributed by atoms with Gasteiger partial charge in [-0.1, -0.05) is 34.1 Å². The Kier molecular flexibility index (Phi) is 6.50. The van der Waals surface area contributed by atoms with Crippen LogP contribution in [0.15, 0.2) is 0 Å². The summed E-state index contributed by atoms with van der Waals surface area (Å²) < 4.78 is 5.45. The third kappa shape index (κ3) is 5.39. The van der Waals surface area contributed by atoms with Gasteiger partial charge in [0.1, 0.15) is 0 Å². The van der Waals surface area contributed by atoms with Crippen molar-refractivity contribution < 1.29 is 4.74 Å². The molecule has 2 atom stereocenters. The van der Waals surface area contributed by atoms with Crippen molar-refractivity contribution in [1.29, 1.82) is 0 Å². The maximum atomic E-state index is 5.45. The van der Waals surface area contributed by atoms with Gasteiger partial charge in [-0.05, 0) is 37.0 Å². The summed E-state index contributed by atoms with van der Waals surface area (Å²) in [5, 5.41) is 3.79. The van der Waals surface area contributed by atoms with Gasteiger partial charge >= 0.3 is 0 Å². The van der Waals surface area contributed by atoms with Crippen LogP contribution in [0, 0.1) is 11.3 Å². The molecule has 17 heavy (non-hydrogen) atoms. The second-order valence-electron chi connectivity index (χ2n) is 6.16. The minimum Gasteiger partial charge on any atom is -0.381 e. The second kappa shape index (κ2) is 7.38. The first-order valence-electron chi connectivity index (χ1n) is 7.40. The molecule has 0 radical (unpaired) electrons. The smallest absolute Gasteiger partial charge is 0.0471 e. The van der Waals surface area contributed by atoms with Crippen molar-refractivity contribution in [3.8, 4) is 0 Å². The summed E-state index contributed by atoms with van der Waals surface area (Å²) in [5.74, 6) is 0.843. The summed E-state index contributed by atoms with van der Waals surface area (Å²) in [5.41, 5.74) is 0.459. The summed E-state index contributed by atoms with van der Waals surface area (Å²) in [6.45, 7) is 12.4. The number of hydrogen-bond donors (Lipinski definition) is 1. The van der Waals surface area contributed by atoms with Gasteiger partial charge in [0.05, 0.1) is 0 Å². The molecule has 1 saturated heterocycles. The highest BCUT2D eigenvalue weighted by Crippen LogP contribution is 2.29. The maximum absolute atomic E-state index is 5.45. The van der Waals surface area contributed by atoms with Crippen LogP contribution in [0.3, 0.4) is 0 Å². The molecule has 0 spiro atoms. The van der Waals surface area contributed by atoms with Crippen LogP contribution in [0.4, 0.5) is 0 Å². The summed E-state index contributed by atoms with van der Waals surface area (Å²) in [4.78, 5) is 0. The maximum Gasteiger partial charge on any atom is 0.0471 e. The summed E-state index contributed by atoms with van der Waals surface area (Å²) in [6.07, 6.45) is 6.28. The molecular weight excluding hydrogens is 210 g/mol. The van der Waals surface area contributed by atoms with Crippen molar-refractivity contribution >= 4 is 0 Å². The molecule has 1 aliphatic heterocycles. The lowest BCUT2D eigenvalue weighted by molar-refractivity contribution is 0.0225. The zero-order chi connectivity index (χ0) is 12.7. The first kappa shape index (κ1) is 15.0. The molecule has 0 aliphatic carbocycles. The van der Waals surface area contributed by atoms with Crippen molar-refractivity contribution in [3.05, 3.63) is 0 Å². The molecule has 1 N–H and O–H groups in total. The van der Waals surface area contributed by atoms with Crippen LogP contribution in [0.1, 0.15) is 59.8 Å². The molecule has 0 aromatic rings. The third-order valence-corrected chi connectivity index (χ3v) is 4.39. The van der Waals surface area contributed by atoms with Gasteiger partial charge in [-0.3, -0.25) is 0 Å². The van der Waals surface area contributed by atoms with Gasteiger partial charge in [-0.25, -0.2) is 0 Å². The molecule has 0 bridgehead atoms. The predicted molar refractivity (Wildman–Crippen MR) is 74.3 cm³/mol. The van der Waals surface area contributed by atoms with Gasteiger partial charge in [-0.2, -0.15) is 0 Å². The zero-order valence-corrected chi connectivity index (χ0v) is 12.2. The number of ether oxygens (including phenoxy) is 1. The van der Waals surface area contributed by atoms with E-state index in [9.17, 15) is 0 Å². The Bertz CT molecular complexity index is 199. The van der Waals surface area contributed by atoms with E-state index in [4.69, 9.17) is 4.74 Å². The zero-order valence-electron chi connectivity index (χ0n) is 12.2. The van der Waals surface area contributed by atoms with Gasteiger partial charge in [-0.15, -0.1) is 0 Å². The van der Waals surface area contributed by atoms with E-state index in [2.05, 4.69) is 33.0 Å². The minimum absolute atomic E-state index is 0.459. The fraction of sp³-hybridized carbons (Fsp3) is 1.00. The monoisotopic (exact) mass is 241 g/mol. The van der Waals surface area contributed by atoms with E-state index in [1.807, 2.05) is 0 Å². The Morgan fingerprint density at radius 2 is 1.82 bits per heavy atom. The van der Waals surface area contributed by atoms with Gasteiger partial charge in [0.15, 0.2) is 0 Å². The van der Waals surface area contributed by atoms with Gasteiger partial charge in [0.2, 0.25) is 0 Å². The highest BCUT2D eigenvalue weighted by atomic mass is 16.5. The normalized spacial score (nSPS) is 23.3. The fourth-order valence-corrected chi connectivity index (χ4v) is 2.48. The van der Waals surface area contributed by atoms with Crippen LogP contribution in [0.25, 0.3) is 0 Å². The standard InChI is InChI=1S/C15H31NO/c1-5-13(3)11-14(6-2)16-12-15(4)7-9-17-10-8-15/h13-14,16H,5-12H2,1-4H3. The Morgan fingerprint density at radius 3 is 2.35 bits per heavy atom. The Labute approximate surface area is 108 Å². The molecule has 0 saturated carbocycles. The van der Waals surface area contributed by atoms with Crippen LogP contribution >= 0.6 is 0 Å². The van der Waals surface area contributed by atoms with Crippen molar-refractivity contribution in [3.63, 3.8) is 0 Å². The van der Waals surface area contributed by atoms with Gasteiger partial charge < -0.3 is 10.1 Å². The highest BCUT2D eigenvalue weighted by molar-refractivity contribution is 4.81. The summed E-state index contributed by atoms with van der Waals surface area (Å²) in [6, 6.07) is 0.699. The average Bonchev–Trinajstić information content (AvgIpc) is 2.35. The molecule has 0 aromatic heterocycles. The predicted octanol–water partition coefficient (Wildman–Crippen LogP) is 3.61. The lowest BCUT2D eigenvalue weighted by Crippen LogP contribution is -2.41. The van der Waals surface area contributed by atoms with E-state index < -0.39 is 0 Å². The molecule has 0 amide bonds. The lowest BCUT2D eigenvalue weighted by Gasteiger charge is -2.35. The minimum atomic E-state index is 0.459. The number of hydrogen-bond acceptors (Lipinski definition) is 2. The van der Waals surface area contributed by atoms with E-state index in [1.165, 1.54) is 32.1 Å². The quantitative estimate of drug-likeness (QED) is 0.735. The Balaban J connectivity index is 2.30. The molecule has 1 aliphatic rings. The molecule has 102 valence electrons. The molecule has 2 nitrogen and oxygen atoms in total. The van der Waals surface area contributed by atoms with E-state index in [0.717, 1.165) is 25.7 Å². The topological polar surface area (TPSA) is 21.3 Å². The molecule has 2 heteroatoms. The van der Waals surface area contributed by atoms with Crippen molar-refractivity contribution in [2.24, 2.45) is 11.3 Å². The van der Waals surface area contributed by atoms with Crippen LogP contribution in [-0.2, 0) is 4.74 Å². The second-order valence-corrected chi connectivity index (χ2v) is 6.16. The van der Waals surface area contributed by atoms with E-state index >= 15 is 0 Å². The Hall–Kier alpha value is -0.0800. The number of rotatable bonds is 7. The summed E-state index contributed by atoms with van der Waals surface area (Å²) in [7, 11) is 0. The molecule has 1 fully saturated rings. The van der Waals surface area contributed by atoms with Crippen molar-refractivity contribution in [2.45, 2.75) is 65.8 Å². The molecule has 1 rings (SSSR count). The number of nitrogens with one attached hydrogen (secondary N) is 1. The van der Waals surface area contributed by atoms with E-state index in [1.54, 1.807) is 0 Å². The van der Waals surface area contributed by atoms with Crippen LogP contribution < -0.4 is 5.32 Å². The van der Waals surface area contributed by atoms with Crippen molar-refractivity contribution in [2.75, 3.05) is 19.8 Å².